The quantitative estimate of drug-likeness (QED) is 0.244. The predicted octanol–water partition coefficient (Wildman–Crippen LogP) is 2.30. The average Bonchev–Trinajstić information content (AvgIpc) is 3.17. The molecule has 188 valence electrons. The molecule has 0 radical (unpaired) electrons. The summed E-state index contributed by atoms with van der Waals surface area (Å²) in [4.78, 5) is 21.5. The second-order valence-electron chi connectivity index (χ2n) is 9.49. The van der Waals surface area contributed by atoms with Crippen molar-refractivity contribution >= 4 is 17.9 Å². The molecule has 0 aromatic carbocycles. The summed E-state index contributed by atoms with van der Waals surface area (Å²) in [6.07, 6.45) is 13.5. The van der Waals surface area contributed by atoms with Gasteiger partial charge in [0.1, 0.15) is 11.6 Å². The summed E-state index contributed by atoms with van der Waals surface area (Å²) in [5, 5.41) is 27.1. The number of carboxylic acids is 1. The third-order valence-electron chi connectivity index (χ3n) is 6.74. The third kappa shape index (κ3) is 7.45. The lowest BCUT2D eigenvalue weighted by atomic mass is 9.94. The molecule has 3 atom stereocenters. The Hall–Kier alpha value is -2.09. The Bertz CT molecular complexity index is 744. The lowest BCUT2D eigenvalue weighted by molar-refractivity contribution is -0.585. The summed E-state index contributed by atoms with van der Waals surface area (Å²) >= 11 is 0. The Balaban J connectivity index is 0.000000890. The Kier molecular flexibility index (Phi) is 10.7. The number of esters is 1. The van der Waals surface area contributed by atoms with Gasteiger partial charge in [0.25, 0.3) is 0 Å². The number of carbonyl (C=O) groups excluding carboxylic acids is 2. The van der Waals surface area contributed by atoms with Crippen LogP contribution < -0.4 is 15.7 Å². The summed E-state index contributed by atoms with van der Waals surface area (Å²) in [5.74, 6) is -0.413. The number of ether oxygens (including phenoxy) is 1. The van der Waals surface area contributed by atoms with Gasteiger partial charge < -0.3 is 19.7 Å². The van der Waals surface area contributed by atoms with Crippen LogP contribution in [0.5, 0.6) is 0 Å². The number of carboxylic acid groups (broad SMARTS) is 1. The van der Waals surface area contributed by atoms with Crippen molar-refractivity contribution in [3.63, 3.8) is 0 Å². The van der Waals surface area contributed by atoms with Crippen molar-refractivity contribution in [1.29, 1.82) is 0 Å². The van der Waals surface area contributed by atoms with Gasteiger partial charge in [-0.1, -0.05) is 52.4 Å². The molecular weight excluding hydrogens is 422 g/mol. The number of guanidine groups is 1. The zero-order chi connectivity index (χ0) is 24.4. The zero-order valence-electron chi connectivity index (χ0n) is 20.9. The fourth-order valence-electron chi connectivity index (χ4n) is 5.24. The molecule has 3 N–H and O–H groups in total. The molecule has 3 rings (SSSR count). The van der Waals surface area contributed by atoms with Gasteiger partial charge in [-0.3, -0.25) is 4.58 Å². The molecule has 0 aromatic heterocycles. The average molecular weight is 466 g/mol. The number of allylic oxidation sites excluding steroid dienone is 1. The number of unbranched alkanes of at least 4 members (excludes halogenated alkanes) is 6. The molecule has 0 aromatic rings. The van der Waals surface area contributed by atoms with Gasteiger partial charge in [0, 0.05) is 25.2 Å². The van der Waals surface area contributed by atoms with E-state index in [0.29, 0.717) is 6.42 Å². The Morgan fingerprint density at radius 1 is 1.12 bits per heavy atom. The molecule has 3 aliphatic rings. The first-order valence-corrected chi connectivity index (χ1v) is 12.7. The molecule has 0 saturated carbocycles. The van der Waals surface area contributed by atoms with Crippen LogP contribution in [-0.4, -0.2) is 52.5 Å². The van der Waals surface area contributed by atoms with Crippen molar-refractivity contribution in [3.8, 4) is 0 Å². The van der Waals surface area contributed by atoms with Crippen molar-refractivity contribution in [2.24, 2.45) is 0 Å². The monoisotopic (exact) mass is 465 g/mol. The van der Waals surface area contributed by atoms with Gasteiger partial charge in [-0.15, -0.1) is 0 Å². The molecule has 3 aliphatic heterocycles. The molecule has 8 nitrogen and oxygen atoms in total. The van der Waals surface area contributed by atoms with Crippen molar-refractivity contribution in [2.75, 3.05) is 7.11 Å². The molecule has 33 heavy (non-hydrogen) atoms. The topological polar surface area (TPSA) is 114 Å². The van der Waals surface area contributed by atoms with E-state index >= 15 is 0 Å². The van der Waals surface area contributed by atoms with E-state index in [1.165, 1.54) is 32.8 Å². The highest BCUT2D eigenvalue weighted by Gasteiger charge is 2.52. The highest BCUT2D eigenvalue weighted by molar-refractivity contribution is 5.93. The van der Waals surface area contributed by atoms with Crippen molar-refractivity contribution < 1.29 is 29.1 Å². The van der Waals surface area contributed by atoms with Gasteiger partial charge in [-0.2, -0.15) is 0 Å². The fourth-order valence-corrected chi connectivity index (χ4v) is 5.24. The summed E-state index contributed by atoms with van der Waals surface area (Å²) < 4.78 is 7.43. The first kappa shape index (κ1) is 27.2. The van der Waals surface area contributed by atoms with Crippen molar-refractivity contribution in [2.45, 2.75) is 122 Å². The van der Waals surface area contributed by atoms with E-state index in [2.05, 4.69) is 29.1 Å². The minimum Gasteiger partial charge on any atom is -0.550 e. The molecule has 0 unspecified atom stereocenters. The largest absolute Gasteiger partial charge is 0.550 e. The Morgan fingerprint density at radius 3 is 2.39 bits per heavy atom. The van der Waals surface area contributed by atoms with Crippen LogP contribution in [0.25, 0.3) is 0 Å². The van der Waals surface area contributed by atoms with Crippen LogP contribution in [-0.2, 0) is 14.3 Å². The molecule has 1 saturated heterocycles. The Labute approximate surface area is 198 Å². The molecule has 0 aliphatic carbocycles. The van der Waals surface area contributed by atoms with E-state index in [1.807, 2.05) is 0 Å². The van der Waals surface area contributed by atoms with Crippen molar-refractivity contribution in [3.05, 3.63) is 11.3 Å². The fraction of sp³-hybridized carbons (Fsp3) is 0.800. The van der Waals surface area contributed by atoms with E-state index in [-0.39, 0.29) is 18.1 Å². The molecule has 8 heteroatoms. The normalized spacial score (nSPS) is 25.5. The SMILES string of the molecule is CC(=O)[O-].CCCCCCC[C@@]1(O)C[C@H]2CC[C@H]3C(C(=O)OC)=C(CCCCC)NC(=[N+]23)N1. The summed E-state index contributed by atoms with van der Waals surface area (Å²) in [6, 6.07) is 0.322. The van der Waals surface area contributed by atoms with Crippen LogP contribution in [0, 0.1) is 0 Å². The van der Waals surface area contributed by atoms with Crippen LogP contribution in [0.4, 0.5) is 0 Å². The standard InChI is InChI=1S/C23H39N3O3.C2H4O2/c1-4-6-8-9-11-15-23(28)16-17-13-14-19-20(21(27)29-3)18(12-10-7-5-2)24-22(25-23)26(17)19;1-2(3)4/h17,19,28H,4-16H2,1-3H3,(H,24,25,27);1H3,(H,3,4)/t17-,19+,23-;/m1./s1. The number of nitrogens with one attached hydrogen (secondary N) is 2. The van der Waals surface area contributed by atoms with Crippen LogP contribution >= 0.6 is 0 Å². The first-order valence-electron chi connectivity index (χ1n) is 12.7. The van der Waals surface area contributed by atoms with E-state index in [9.17, 15) is 9.90 Å². The minimum absolute atomic E-state index is 0.0573. The molecular formula is C25H43N3O5. The van der Waals surface area contributed by atoms with E-state index in [4.69, 9.17) is 14.6 Å². The van der Waals surface area contributed by atoms with Crippen molar-refractivity contribution in [1.82, 2.24) is 10.6 Å². The smallest absolute Gasteiger partial charge is 0.353 e. The lowest BCUT2D eigenvalue weighted by Crippen LogP contribution is -2.65. The van der Waals surface area contributed by atoms with E-state index in [1.54, 1.807) is 0 Å². The minimum atomic E-state index is -1.08. The number of nitrogens with zero attached hydrogens (tertiary/aromatic N) is 1. The van der Waals surface area contributed by atoms with Crippen LogP contribution in [0.3, 0.4) is 0 Å². The number of hydrogen-bond donors (Lipinski definition) is 3. The first-order chi connectivity index (χ1) is 15.8. The number of carbonyl (C=O) groups is 2. The maximum atomic E-state index is 12.6. The maximum Gasteiger partial charge on any atom is 0.353 e. The molecule has 0 bridgehead atoms. The molecule has 0 spiro atoms. The maximum absolute atomic E-state index is 12.6. The van der Waals surface area contributed by atoms with Crippen LogP contribution in [0.1, 0.15) is 104 Å². The second-order valence-corrected chi connectivity index (χ2v) is 9.49. The molecule has 0 amide bonds. The number of aliphatic hydroxyl groups is 1. The summed E-state index contributed by atoms with van der Waals surface area (Å²) in [6.45, 7) is 5.38. The second kappa shape index (κ2) is 13.0. The van der Waals surface area contributed by atoms with Gasteiger partial charge in [0.15, 0.2) is 5.72 Å². The van der Waals surface area contributed by atoms with E-state index in [0.717, 1.165) is 75.5 Å². The summed E-state index contributed by atoms with van der Waals surface area (Å²) in [7, 11) is 1.47. The van der Waals surface area contributed by atoms with E-state index < -0.39 is 11.7 Å². The Morgan fingerprint density at radius 2 is 1.76 bits per heavy atom. The predicted molar refractivity (Wildman–Crippen MR) is 125 cm³/mol. The summed E-state index contributed by atoms with van der Waals surface area (Å²) in [5.41, 5.74) is 0.908. The van der Waals surface area contributed by atoms with Crippen LogP contribution in [0.15, 0.2) is 11.3 Å². The van der Waals surface area contributed by atoms with Crippen LogP contribution in [0.2, 0.25) is 0 Å². The van der Waals surface area contributed by atoms with Gasteiger partial charge in [0.05, 0.1) is 18.8 Å². The number of rotatable bonds is 11. The molecule has 1 fully saturated rings. The highest BCUT2D eigenvalue weighted by atomic mass is 16.5. The number of aliphatic carboxylic acids is 1. The van der Waals surface area contributed by atoms with Gasteiger partial charge in [-0.05, 0) is 32.6 Å². The lowest BCUT2D eigenvalue weighted by Gasteiger charge is -2.38. The molecule has 3 heterocycles. The highest BCUT2D eigenvalue weighted by Crippen LogP contribution is 2.37. The zero-order valence-corrected chi connectivity index (χ0v) is 20.9. The third-order valence-corrected chi connectivity index (χ3v) is 6.74. The number of methoxy groups -OCH3 is 1. The van der Waals surface area contributed by atoms with Gasteiger partial charge >= 0.3 is 11.9 Å². The number of hydrogen-bond acceptors (Lipinski definition) is 7. The van der Waals surface area contributed by atoms with Gasteiger partial charge in [0.2, 0.25) is 0 Å². The van der Waals surface area contributed by atoms with Gasteiger partial charge in [-0.25, -0.2) is 15.4 Å².